The van der Waals surface area contributed by atoms with Crippen molar-refractivity contribution in [1.29, 1.82) is 0 Å². The van der Waals surface area contributed by atoms with Gasteiger partial charge in [0.25, 0.3) is 0 Å². The van der Waals surface area contributed by atoms with Gasteiger partial charge in [-0.25, -0.2) is 0 Å². The zero-order valence-corrected chi connectivity index (χ0v) is 7.40. The molecule has 0 saturated heterocycles. The number of hydrogen-bond acceptors (Lipinski definition) is 1. The molecule has 1 heterocycles. The number of rotatable bonds is 0. The second kappa shape index (κ2) is 2.19. The fourth-order valence-electron chi connectivity index (χ4n) is 0.432. The molecule has 0 radical (unpaired) electrons. The summed E-state index contributed by atoms with van der Waals surface area (Å²) in [6, 6.07) is 0. The highest BCUT2D eigenvalue weighted by atomic mass is 79.9. The Kier molecular flexibility index (Phi) is 1.72. The highest BCUT2D eigenvalue weighted by molar-refractivity contribution is 9.13. The van der Waals surface area contributed by atoms with Gasteiger partial charge >= 0.3 is 0 Å². The van der Waals surface area contributed by atoms with Crippen LogP contribution >= 0.6 is 31.9 Å². The van der Waals surface area contributed by atoms with Gasteiger partial charge in [-0.1, -0.05) is 0 Å². The molecule has 0 aliphatic heterocycles. The Balaban J connectivity index is 3.14. The molecule has 0 saturated carbocycles. The highest BCUT2D eigenvalue weighted by Gasteiger charge is 1.96. The SMILES string of the molecule is Cn1cc(Br)c(Br)n1. The van der Waals surface area contributed by atoms with E-state index in [1.54, 1.807) is 4.68 Å². The largest absolute Gasteiger partial charge is 0.274 e. The predicted molar refractivity (Wildman–Crippen MR) is 38.6 cm³/mol. The first kappa shape index (κ1) is 6.29. The monoisotopic (exact) mass is 238 g/mol. The van der Waals surface area contributed by atoms with E-state index in [1.165, 1.54) is 0 Å². The van der Waals surface area contributed by atoms with E-state index in [2.05, 4.69) is 37.0 Å². The van der Waals surface area contributed by atoms with E-state index in [4.69, 9.17) is 0 Å². The molecule has 0 amide bonds. The summed E-state index contributed by atoms with van der Waals surface area (Å²) in [5, 5.41) is 4.00. The van der Waals surface area contributed by atoms with Crippen molar-refractivity contribution in [3.8, 4) is 0 Å². The van der Waals surface area contributed by atoms with Gasteiger partial charge in [0, 0.05) is 13.2 Å². The van der Waals surface area contributed by atoms with Gasteiger partial charge in [-0.05, 0) is 31.9 Å². The Labute approximate surface area is 64.1 Å². The van der Waals surface area contributed by atoms with Crippen molar-refractivity contribution in [2.45, 2.75) is 0 Å². The number of halogens is 2. The molecule has 1 aromatic heterocycles. The van der Waals surface area contributed by atoms with E-state index < -0.39 is 0 Å². The maximum Gasteiger partial charge on any atom is 0.142 e. The summed E-state index contributed by atoms with van der Waals surface area (Å²) in [6.07, 6.45) is 1.88. The van der Waals surface area contributed by atoms with Crippen molar-refractivity contribution >= 4 is 31.9 Å². The highest BCUT2D eigenvalue weighted by Crippen LogP contribution is 2.19. The Morgan fingerprint density at radius 2 is 2.25 bits per heavy atom. The van der Waals surface area contributed by atoms with Crippen molar-refractivity contribution in [2.75, 3.05) is 0 Å². The molecule has 0 aliphatic rings. The van der Waals surface area contributed by atoms with Crippen LogP contribution in [0.1, 0.15) is 0 Å². The van der Waals surface area contributed by atoms with Gasteiger partial charge in [-0.2, -0.15) is 5.10 Å². The zero-order valence-electron chi connectivity index (χ0n) is 4.23. The lowest BCUT2D eigenvalue weighted by atomic mass is 10.7. The lowest BCUT2D eigenvalue weighted by Gasteiger charge is -1.78. The lowest BCUT2D eigenvalue weighted by molar-refractivity contribution is 0.760. The first-order valence-electron chi connectivity index (χ1n) is 2.05. The zero-order chi connectivity index (χ0) is 6.15. The topological polar surface area (TPSA) is 17.8 Å². The van der Waals surface area contributed by atoms with Crippen LogP contribution in [-0.4, -0.2) is 9.78 Å². The van der Waals surface area contributed by atoms with Crippen molar-refractivity contribution in [3.63, 3.8) is 0 Å². The van der Waals surface area contributed by atoms with E-state index in [9.17, 15) is 0 Å². The van der Waals surface area contributed by atoms with Gasteiger partial charge in [-0.15, -0.1) is 0 Å². The Hall–Kier alpha value is 0.170. The minimum atomic E-state index is 0.847. The van der Waals surface area contributed by atoms with E-state index in [0.717, 1.165) is 9.08 Å². The van der Waals surface area contributed by atoms with E-state index in [0.29, 0.717) is 0 Å². The summed E-state index contributed by atoms with van der Waals surface area (Å²) in [5.41, 5.74) is 0. The van der Waals surface area contributed by atoms with Crippen LogP contribution < -0.4 is 0 Å². The Morgan fingerprint density at radius 3 is 2.38 bits per heavy atom. The van der Waals surface area contributed by atoms with Gasteiger partial charge in [0.15, 0.2) is 0 Å². The summed E-state index contributed by atoms with van der Waals surface area (Å²) in [4.78, 5) is 0. The summed E-state index contributed by atoms with van der Waals surface area (Å²) >= 11 is 6.52. The summed E-state index contributed by atoms with van der Waals surface area (Å²) in [7, 11) is 1.87. The molecule has 0 atom stereocenters. The van der Waals surface area contributed by atoms with Crippen LogP contribution in [0.4, 0.5) is 0 Å². The fraction of sp³-hybridized carbons (Fsp3) is 0.250. The van der Waals surface area contributed by atoms with Crippen LogP contribution in [0.25, 0.3) is 0 Å². The predicted octanol–water partition coefficient (Wildman–Crippen LogP) is 1.95. The molecule has 0 unspecified atom stereocenters. The quantitative estimate of drug-likeness (QED) is 0.677. The number of hydrogen-bond donors (Lipinski definition) is 0. The maximum atomic E-state index is 4.00. The molecule has 0 spiro atoms. The third-order valence-electron chi connectivity index (χ3n) is 0.743. The molecular formula is C4H4Br2N2. The third kappa shape index (κ3) is 1.11. The van der Waals surface area contributed by atoms with Gasteiger partial charge in [0.2, 0.25) is 0 Å². The number of aryl methyl sites for hydroxylation is 1. The van der Waals surface area contributed by atoms with Crippen LogP contribution in [0, 0.1) is 0 Å². The number of aromatic nitrogens is 2. The van der Waals surface area contributed by atoms with Crippen molar-refractivity contribution < 1.29 is 0 Å². The Morgan fingerprint density at radius 1 is 1.62 bits per heavy atom. The molecule has 0 bridgehead atoms. The van der Waals surface area contributed by atoms with Crippen molar-refractivity contribution in [3.05, 3.63) is 15.3 Å². The van der Waals surface area contributed by atoms with Crippen LogP contribution in [0.3, 0.4) is 0 Å². The average molecular weight is 240 g/mol. The fourth-order valence-corrected chi connectivity index (χ4v) is 1.16. The van der Waals surface area contributed by atoms with E-state index in [1.807, 2.05) is 13.2 Å². The molecular weight excluding hydrogens is 236 g/mol. The average Bonchev–Trinajstić information content (AvgIpc) is 1.85. The molecule has 4 heteroatoms. The standard InChI is InChI=1S/C4H4Br2N2/c1-8-2-3(5)4(6)7-8/h2H,1H3. The molecule has 1 aromatic rings. The summed E-state index contributed by atoms with van der Waals surface area (Å²) < 4.78 is 3.56. The minimum Gasteiger partial charge on any atom is -0.274 e. The second-order valence-corrected chi connectivity index (χ2v) is 3.05. The van der Waals surface area contributed by atoms with Gasteiger partial charge in [0.1, 0.15) is 4.60 Å². The minimum absolute atomic E-state index is 0.847. The van der Waals surface area contributed by atoms with Crippen molar-refractivity contribution in [1.82, 2.24) is 9.78 Å². The first-order chi connectivity index (χ1) is 3.70. The smallest absolute Gasteiger partial charge is 0.142 e. The van der Waals surface area contributed by atoms with Crippen LogP contribution in [0.15, 0.2) is 15.3 Å². The Bertz CT molecular complexity index is 174. The van der Waals surface area contributed by atoms with Gasteiger partial charge in [0.05, 0.1) is 4.47 Å². The third-order valence-corrected chi connectivity index (χ3v) is 2.44. The summed E-state index contributed by atoms with van der Waals surface area (Å²) in [5.74, 6) is 0. The number of nitrogens with zero attached hydrogens (tertiary/aromatic N) is 2. The van der Waals surface area contributed by atoms with E-state index >= 15 is 0 Å². The van der Waals surface area contributed by atoms with Crippen LogP contribution in [0.5, 0.6) is 0 Å². The first-order valence-corrected chi connectivity index (χ1v) is 3.63. The molecule has 0 fully saturated rings. The van der Waals surface area contributed by atoms with Crippen LogP contribution in [-0.2, 0) is 7.05 Å². The second-order valence-electron chi connectivity index (χ2n) is 1.44. The molecule has 0 aromatic carbocycles. The molecule has 1 rings (SSSR count). The van der Waals surface area contributed by atoms with Gasteiger partial charge in [-0.3, -0.25) is 4.68 Å². The normalized spacial score (nSPS) is 9.88. The summed E-state index contributed by atoms with van der Waals surface area (Å²) in [6.45, 7) is 0. The maximum absolute atomic E-state index is 4.00. The molecule has 2 nitrogen and oxygen atoms in total. The molecule has 8 heavy (non-hydrogen) atoms. The molecule has 0 N–H and O–H groups in total. The van der Waals surface area contributed by atoms with Crippen molar-refractivity contribution in [2.24, 2.45) is 7.05 Å². The van der Waals surface area contributed by atoms with Gasteiger partial charge < -0.3 is 0 Å². The van der Waals surface area contributed by atoms with E-state index in [-0.39, 0.29) is 0 Å². The molecule has 44 valence electrons. The lowest BCUT2D eigenvalue weighted by Crippen LogP contribution is -1.84. The van der Waals surface area contributed by atoms with Crippen LogP contribution in [0.2, 0.25) is 0 Å². The molecule has 0 aliphatic carbocycles.